The largest absolute Gasteiger partial charge is 0.493 e. The molecule has 0 spiro atoms. The molecule has 202 valence electrons. The van der Waals surface area contributed by atoms with Crippen molar-refractivity contribution in [3.63, 3.8) is 0 Å². The molecule has 0 aliphatic heterocycles. The molecule has 1 amide bonds. The Kier molecular flexibility index (Phi) is 8.83. The summed E-state index contributed by atoms with van der Waals surface area (Å²) in [6.07, 6.45) is 4.08. The van der Waals surface area contributed by atoms with Gasteiger partial charge in [-0.2, -0.15) is 0 Å². The Balaban J connectivity index is 1.41. The van der Waals surface area contributed by atoms with Gasteiger partial charge in [-0.15, -0.1) is 0 Å². The average molecular weight is 547 g/mol. The standard InChI is InChI=1S/C30H30N2O6S/c1-6-19-9-11-22-27(14-19)39-30(31-22)32-28(34)17-38-24-13-20(8-7-18(24)2)10-12-23(33)21-15-25(35-3)29(37-5)26(16-21)36-4/h7-16H,6,17H2,1-5H3,(H,31,32,34)/b12-10+. The molecule has 1 N–H and O–H groups in total. The second-order valence-corrected chi connectivity index (χ2v) is 9.68. The fourth-order valence-electron chi connectivity index (χ4n) is 3.91. The zero-order valence-corrected chi connectivity index (χ0v) is 23.3. The minimum absolute atomic E-state index is 0.172. The summed E-state index contributed by atoms with van der Waals surface area (Å²) in [5.74, 6) is 1.22. The number of ether oxygens (including phenoxy) is 4. The summed E-state index contributed by atoms with van der Waals surface area (Å²) in [4.78, 5) is 29.9. The number of methoxy groups -OCH3 is 3. The summed E-state index contributed by atoms with van der Waals surface area (Å²) in [7, 11) is 4.50. The molecule has 0 saturated carbocycles. The number of anilines is 1. The van der Waals surface area contributed by atoms with Crippen molar-refractivity contribution in [3.05, 3.63) is 76.9 Å². The fourth-order valence-corrected chi connectivity index (χ4v) is 4.85. The average Bonchev–Trinajstić information content (AvgIpc) is 3.36. The van der Waals surface area contributed by atoms with E-state index < -0.39 is 0 Å². The number of aromatic nitrogens is 1. The lowest BCUT2D eigenvalue weighted by atomic mass is 10.1. The van der Waals surface area contributed by atoms with Gasteiger partial charge in [0.2, 0.25) is 5.75 Å². The van der Waals surface area contributed by atoms with Crippen molar-refractivity contribution >= 4 is 44.5 Å². The van der Waals surface area contributed by atoms with Gasteiger partial charge in [-0.3, -0.25) is 14.9 Å². The number of hydrogen-bond donors (Lipinski definition) is 1. The Hall–Kier alpha value is -4.37. The van der Waals surface area contributed by atoms with Crippen molar-refractivity contribution < 1.29 is 28.5 Å². The zero-order valence-electron chi connectivity index (χ0n) is 22.5. The van der Waals surface area contributed by atoms with E-state index >= 15 is 0 Å². The van der Waals surface area contributed by atoms with Crippen LogP contribution >= 0.6 is 11.3 Å². The van der Waals surface area contributed by atoms with Gasteiger partial charge in [0.1, 0.15) is 5.75 Å². The van der Waals surface area contributed by atoms with Gasteiger partial charge in [0.05, 0.1) is 31.5 Å². The molecular formula is C30H30N2O6S. The number of benzene rings is 3. The molecule has 0 saturated heterocycles. The van der Waals surface area contributed by atoms with Crippen LogP contribution in [0.25, 0.3) is 16.3 Å². The van der Waals surface area contributed by atoms with E-state index in [1.165, 1.54) is 44.3 Å². The number of thiazole rings is 1. The Morgan fingerprint density at radius 3 is 2.36 bits per heavy atom. The summed E-state index contributed by atoms with van der Waals surface area (Å²) in [5.41, 5.74) is 4.08. The third-order valence-corrected chi connectivity index (χ3v) is 6.99. The van der Waals surface area contributed by atoms with Crippen LogP contribution in [0.3, 0.4) is 0 Å². The molecule has 1 heterocycles. The first kappa shape index (κ1) is 27.7. The van der Waals surface area contributed by atoms with Crippen molar-refractivity contribution in [1.82, 2.24) is 4.98 Å². The summed E-state index contributed by atoms with van der Waals surface area (Å²) in [5, 5.41) is 3.35. The maximum absolute atomic E-state index is 12.9. The zero-order chi connectivity index (χ0) is 27.9. The van der Waals surface area contributed by atoms with Gasteiger partial charge in [-0.25, -0.2) is 4.98 Å². The maximum Gasteiger partial charge on any atom is 0.264 e. The number of allylic oxidation sites excluding steroid dienone is 1. The molecule has 4 rings (SSSR count). The molecule has 0 aliphatic rings. The summed E-state index contributed by atoms with van der Waals surface area (Å²) < 4.78 is 22.8. The van der Waals surface area contributed by atoms with E-state index in [1.54, 1.807) is 24.3 Å². The van der Waals surface area contributed by atoms with Gasteiger partial charge in [0, 0.05) is 5.56 Å². The highest BCUT2D eigenvalue weighted by atomic mass is 32.1. The number of nitrogens with one attached hydrogen (secondary N) is 1. The number of amides is 1. The minimum Gasteiger partial charge on any atom is -0.493 e. The van der Waals surface area contributed by atoms with Crippen molar-refractivity contribution in [2.75, 3.05) is 33.3 Å². The van der Waals surface area contributed by atoms with E-state index in [0.29, 0.717) is 33.7 Å². The Bertz CT molecular complexity index is 1520. The van der Waals surface area contributed by atoms with E-state index in [2.05, 4.69) is 23.3 Å². The number of rotatable bonds is 11. The van der Waals surface area contributed by atoms with Crippen LogP contribution < -0.4 is 24.3 Å². The van der Waals surface area contributed by atoms with Gasteiger partial charge in [-0.1, -0.05) is 42.5 Å². The predicted molar refractivity (Wildman–Crippen MR) is 154 cm³/mol. The molecule has 0 fully saturated rings. The number of carbonyl (C=O) groups is 2. The van der Waals surface area contributed by atoms with E-state index in [1.807, 2.05) is 31.2 Å². The molecule has 0 radical (unpaired) electrons. The van der Waals surface area contributed by atoms with Crippen LogP contribution in [0.15, 0.2) is 54.6 Å². The third kappa shape index (κ3) is 6.56. The lowest BCUT2D eigenvalue weighted by Crippen LogP contribution is -2.20. The molecule has 3 aromatic carbocycles. The Morgan fingerprint density at radius 1 is 0.949 bits per heavy atom. The van der Waals surface area contributed by atoms with Crippen molar-refractivity contribution in [1.29, 1.82) is 0 Å². The normalized spacial score (nSPS) is 11.0. The summed E-state index contributed by atoms with van der Waals surface area (Å²) >= 11 is 1.43. The SMILES string of the molecule is CCc1ccc2nc(NC(=O)COc3cc(/C=C/C(=O)c4cc(OC)c(OC)c(OC)c4)ccc3C)sc2c1. The first-order valence-corrected chi connectivity index (χ1v) is 13.1. The minimum atomic E-state index is -0.303. The van der Waals surface area contributed by atoms with Crippen LogP contribution in [0.5, 0.6) is 23.0 Å². The van der Waals surface area contributed by atoms with E-state index in [0.717, 1.165) is 27.8 Å². The van der Waals surface area contributed by atoms with Crippen LogP contribution in [0, 0.1) is 6.92 Å². The molecule has 8 nitrogen and oxygen atoms in total. The predicted octanol–water partition coefficient (Wildman–Crippen LogP) is 6.11. The van der Waals surface area contributed by atoms with Crippen LogP contribution in [0.1, 0.15) is 34.0 Å². The molecule has 0 aliphatic carbocycles. The smallest absolute Gasteiger partial charge is 0.264 e. The van der Waals surface area contributed by atoms with Gasteiger partial charge in [0.15, 0.2) is 29.0 Å². The molecule has 0 atom stereocenters. The van der Waals surface area contributed by atoms with Gasteiger partial charge < -0.3 is 18.9 Å². The van der Waals surface area contributed by atoms with Gasteiger partial charge >= 0.3 is 0 Å². The second kappa shape index (κ2) is 12.4. The third-order valence-electron chi connectivity index (χ3n) is 6.05. The van der Waals surface area contributed by atoms with E-state index in [-0.39, 0.29) is 18.3 Å². The van der Waals surface area contributed by atoms with E-state index in [4.69, 9.17) is 18.9 Å². The quantitative estimate of drug-likeness (QED) is 0.179. The molecule has 0 bridgehead atoms. The Morgan fingerprint density at radius 2 is 1.69 bits per heavy atom. The molecule has 0 unspecified atom stereocenters. The van der Waals surface area contributed by atoms with Crippen LogP contribution in [0.4, 0.5) is 5.13 Å². The number of nitrogens with zero attached hydrogens (tertiary/aromatic N) is 1. The highest BCUT2D eigenvalue weighted by Gasteiger charge is 2.16. The molecular weight excluding hydrogens is 516 g/mol. The van der Waals surface area contributed by atoms with Crippen LogP contribution in [-0.4, -0.2) is 44.6 Å². The fraction of sp³-hybridized carbons (Fsp3) is 0.233. The van der Waals surface area contributed by atoms with Gasteiger partial charge in [0.25, 0.3) is 5.91 Å². The van der Waals surface area contributed by atoms with Crippen molar-refractivity contribution in [2.24, 2.45) is 0 Å². The molecule has 1 aromatic heterocycles. The molecule has 9 heteroatoms. The molecule has 4 aromatic rings. The second-order valence-electron chi connectivity index (χ2n) is 8.65. The van der Waals surface area contributed by atoms with Gasteiger partial charge in [-0.05, 0) is 66.4 Å². The topological polar surface area (TPSA) is 96.0 Å². The number of aryl methyl sites for hydroxylation is 2. The van der Waals surface area contributed by atoms with Crippen molar-refractivity contribution in [2.45, 2.75) is 20.3 Å². The number of ketones is 1. The first-order valence-electron chi connectivity index (χ1n) is 12.3. The van der Waals surface area contributed by atoms with Crippen LogP contribution in [-0.2, 0) is 11.2 Å². The maximum atomic E-state index is 12.9. The van der Waals surface area contributed by atoms with Crippen molar-refractivity contribution in [3.8, 4) is 23.0 Å². The first-order chi connectivity index (χ1) is 18.8. The summed E-state index contributed by atoms with van der Waals surface area (Å²) in [6.45, 7) is 3.82. The van der Waals surface area contributed by atoms with Crippen LogP contribution in [0.2, 0.25) is 0 Å². The highest BCUT2D eigenvalue weighted by Crippen LogP contribution is 2.38. The number of carbonyl (C=O) groups excluding carboxylic acids is 2. The number of hydrogen-bond acceptors (Lipinski definition) is 8. The number of fused-ring (bicyclic) bond motifs is 1. The highest BCUT2D eigenvalue weighted by molar-refractivity contribution is 7.22. The summed E-state index contributed by atoms with van der Waals surface area (Å²) in [6, 6.07) is 14.8. The molecule has 39 heavy (non-hydrogen) atoms. The monoisotopic (exact) mass is 546 g/mol. The lowest BCUT2D eigenvalue weighted by Gasteiger charge is -2.13. The van der Waals surface area contributed by atoms with E-state index in [9.17, 15) is 9.59 Å². The Labute approximate surface area is 231 Å². The lowest BCUT2D eigenvalue weighted by molar-refractivity contribution is -0.118.